The van der Waals surface area contributed by atoms with Gasteiger partial charge in [0.05, 0.1) is 52.2 Å². The van der Waals surface area contributed by atoms with Crippen LogP contribution in [-0.2, 0) is 4.74 Å². The first-order valence-electron chi connectivity index (χ1n) is 12.7. The van der Waals surface area contributed by atoms with Gasteiger partial charge < -0.3 is 9.47 Å². The Morgan fingerprint density at radius 2 is 1.90 bits per heavy atom. The molecule has 202 valence electrons. The van der Waals surface area contributed by atoms with Crippen molar-refractivity contribution < 1.29 is 14.3 Å². The van der Waals surface area contributed by atoms with E-state index in [9.17, 15) is 4.79 Å². The fourth-order valence-electron chi connectivity index (χ4n) is 4.75. The van der Waals surface area contributed by atoms with E-state index in [0.29, 0.717) is 17.2 Å². The molecule has 5 aromatic rings. The lowest BCUT2D eigenvalue weighted by Crippen LogP contribution is -2.39. The first-order valence-corrected chi connectivity index (χ1v) is 14.4. The van der Waals surface area contributed by atoms with Crippen molar-refractivity contribution in [3.05, 3.63) is 71.6 Å². The topological polar surface area (TPSA) is 67.8 Å². The third-order valence-electron chi connectivity index (χ3n) is 6.74. The predicted octanol–water partition coefficient (Wildman–Crippen LogP) is 6.37. The zero-order valence-electron chi connectivity index (χ0n) is 21.5. The van der Waals surface area contributed by atoms with Gasteiger partial charge in [-0.1, -0.05) is 35.6 Å². The number of hydrogen-bond acceptors (Lipinski definition) is 8. The number of aromatic nitrogens is 2. The average Bonchev–Trinajstić information content (AvgIpc) is 3.65. The van der Waals surface area contributed by atoms with Crippen molar-refractivity contribution in [3.63, 3.8) is 0 Å². The van der Waals surface area contributed by atoms with Gasteiger partial charge in [-0.15, -0.1) is 23.7 Å². The Hall–Kier alpha value is -3.08. The Morgan fingerprint density at radius 1 is 1.05 bits per heavy atom. The minimum absolute atomic E-state index is 0. The van der Waals surface area contributed by atoms with Gasteiger partial charge in [0.2, 0.25) is 0 Å². The second kappa shape index (κ2) is 12.4. The Labute approximate surface area is 241 Å². The summed E-state index contributed by atoms with van der Waals surface area (Å²) in [5.74, 6) is 0.690. The number of rotatable bonds is 8. The van der Waals surface area contributed by atoms with Crippen LogP contribution in [0.25, 0.3) is 31.7 Å². The van der Waals surface area contributed by atoms with E-state index >= 15 is 0 Å². The summed E-state index contributed by atoms with van der Waals surface area (Å²) in [6, 6.07) is 19.7. The Balaban J connectivity index is 0.00000308. The summed E-state index contributed by atoms with van der Waals surface area (Å²) >= 11 is 3.15. The number of benzene rings is 2. The number of morpholine rings is 1. The van der Waals surface area contributed by atoms with Crippen molar-refractivity contribution in [2.75, 3.05) is 51.4 Å². The molecular formula is C29H29ClN4O3S2. The molecule has 0 spiro atoms. The van der Waals surface area contributed by atoms with Gasteiger partial charge in [-0.25, -0.2) is 9.97 Å². The molecule has 0 unspecified atom stereocenters. The van der Waals surface area contributed by atoms with Gasteiger partial charge in [-0.3, -0.25) is 14.6 Å². The normalized spacial score (nSPS) is 13.9. The summed E-state index contributed by atoms with van der Waals surface area (Å²) in [6.07, 6.45) is 0.839. The number of thiazole rings is 1. The molecule has 1 aliphatic heterocycles. The van der Waals surface area contributed by atoms with E-state index in [4.69, 9.17) is 19.4 Å². The lowest BCUT2D eigenvalue weighted by atomic mass is 10.1. The van der Waals surface area contributed by atoms with E-state index < -0.39 is 0 Å². The molecule has 2 aromatic carbocycles. The molecule has 6 rings (SSSR count). The maximum Gasteiger partial charge on any atom is 0.260 e. The highest BCUT2D eigenvalue weighted by Crippen LogP contribution is 2.34. The highest BCUT2D eigenvalue weighted by atomic mass is 35.5. The molecule has 0 N–H and O–H groups in total. The van der Waals surface area contributed by atoms with E-state index in [0.717, 1.165) is 76.7 Å². The Bertz CT molecular complexity index is 1570. The molecular weight excluding hydrogens is 552 g/mol. The van der Waals surface area contributed by atoms with Gasteiger partial charge in [-0.05, 0) is 42.1 Å². The summed E-state index contributed by atoms with van der Waals surface area (Å²) in [7, 11) is 1.65. The number of halogens is 1. The standard InChI is InChI=1S/C29H28N4O3S2.ClH/c1-35-20-9-10-27-24(18-20)31-29(38-27)33(12-5-11-32-13-15-36-16-14-32)28(34)22-19-25(26-8-4-17-37-26)30-23-7-3-2-6-21(22)23;/h2-4,6-10,17-19H,5,11-16H2,1H3;1H. The first-order chi connectivity index (χ1) is 18.7. The predicted molar refractivity (Wildman–Crippen MR) is 162 cm³/mol. The van der Waals surface area contributed by atoms with Crippen molar-refractivity contribution in [1.82, 2.24) is 14.9 Å². The van der Waals surface area contributed by atoms with Crippen molar-refractivity contribution in [3.8, 4) is 16.3 Å². The number of nitrogens with zero attached hydrogens (tertiary/aromatic N) is 4. The van der Waals surface area contributed by atoms with Crippen LogP contribution in [0.3, 0.4) is 0 Å². The van der Waals surface area contributed by atoms with Crippen LogP contribution in [0, 0.1) is 0 Å². The quantitative estimate of drug-likeness (QED) is 0.212. The van der Waals surface area contributed by atoms with Gasteiger partial charge in [-0.2, -0.15) is 0 Å². The molecule has 0 radical (unpaired) electrons. The van der Waals surface area contributed by atoms with Crippen LogP contribution in [0.2, 0.25) is 0 Å². The van der Waals surface area contributed by atoms with Crippen LogP contribution >= 0.6 is 35.1 Å². The van der Waals surface area contributed by atoms with Gasteiger partial charge in [0.1, 0.15) is 5.75 Å². The minimum atomic E-state index is -0.0607. The zero-order chi connectivity index (χ0) is 25.9. The summed E-state index contributed by atoms with van der Waals surface area (Å²) in [4.78, 5) is 29.4. The summed E-state index contributed by atoms with van der Waals surface area (Å²) in [5, 5.41) is 3.57. The summed E-state index contributed by atoms with van der Waals surface area (Å²) in [5.41, 5.74) is 3.09. The molecule has 1 saturated heterocycles. The van der Waals surface area contributed by atoms with E-state index in [1.165, 1.54) is 11.3 Å². The van der Waals surface area contributed by atoms with E-state index in [1.807, 2.05) is 70.9 Å². The monoisotopic (exact) mass is 580 g/mol. The highest BCUT2D eigenvalue weighted by molar-refractivity contribution is 7.22. The largest absolute Gasteiger partial charge is 0.497 e. The van der Waals surface area contributed by atoms with Crippen LogP contribution in [0.5, 0.6) is 5.75 Å². The third-order valence-corrected chi connectivity index (χ3v) is 8.69. The number of para-hydroxylation sites is 1. The maximum atomic E-state index is 14.4. The lowest BCUT2D eigenvalue weighted by molar-refractivity contribution is 0.0376. The minimum Gasteiger partial charge on any atom is -0.497 e. The summed E-state index contributed by atoms with van der Waals surface area (Å²) in [6.45, 7) is 4.84. The van der Waals surface area contributed by atoms with Crippen molar-refractivity contribution >= 4 is 67.2 Å². The van der Waals surface area contributed by atoms with Crippen LogP contribution < -0.4 is 9.64 Å². The van der Waals surface area contributed by atoms with Crippen molar-refractivity contribution in [2.24, 2.45) is 0 Å². The molecule has 3 aromatic heterocycles. The summed E-state index contributed by atoms with van der Waals surface area (Å²) < 4.78 is 11.9. The SMILES string of the molecule is COc1ccc2sc(N(CCCN3CCOCC3)C(=O)c3cc(-c4cccs4)nc4ccccc34)nc2c1.Cl. The van der Waals surface area contributed by atoms with Gasteiger partial charge in [0, 0.05) is 37.6 Å². The van der Waals surface area contributed by atoms with Crippen LogP contribution in [-0.4, -0.2) is 67.3 Å². The van der Waals surface area contributed by atoms with Crippen LogP contribution in [0.15, 0.2) is 66.0 Å². The second-order valence-electron chi connectivity index (χ2n) is 9.14. The molecule has 1 fully saturated rings. The Morgan fingerprint density at radius 3 is 2.69 bits per heavy atom. The second-order valence-corrected chi connectivity index (χ2v) is 11.1. The molecule has 1 amide bonds. The number of pyridine rings is 1. The molecule has 0 saturated carbocycles. The van der Waals surface area contributed by atoms with Crippen LogP contribution in [0.1, 0.15) is 16.8 Å². The maximum absolute atomic E-state index is 14.4. The van der Waals surface area contributed by atoms with E-state index in [1.54, 1.807) is 18.4 Å². The van der Waals surface area contributed by atoms with Gasteiger partial charge in [0.25, 0.3) is 5.91 Å². The number of fused-ring (bicyclic) bond motifs is 2. The number of hydrogen-bond donors (Lipinski definition) is 0. The molecule has 0 atom stereocenters. The molecule has 0 bridgehead atoms. The smallest absolute Gasteiger partial charge is 0.260 e. The number of methoxy groups -OCH3 is 1. The van der Waals surface area contributed by atoms with Crippen LogP contribution in [0.4, 0.5) is 5.13 Å². The zero-order valence-corrected chi connectivity index (χ0v) is 24.0. The fourth-order valence-corrected chi connectivity index (χ4v) is 6.40. The number of thiophene rings is 1. The number of anilines is 1. The Kier molecular flexibility index (Phi) is 8.74. The van der Waals surface area contributed by atoms with Gasteiger partial charge in [0.15, 0.2) is 5.13 Å². The first kappa shape index (κ1) is 27.5. The van der Waals surface area contributed by atoms with E-state index in [-0.39, 0.29) is 18.3 Å². The number of ether oxygens (including phenoxy) is 2. The highest BCUT2D eigenvalue weighted by Gasteiger charge is 2.25. The molecule has 0 aliphatic carbocycles. The van der Waals surface area contributed by atoms with E-state index in [2.05, 4.69) is 4.90 Å². The van der Waals surface area contributed by atoms with Gasteiger partial charge >= 0.3 is 0 Å². The molecule has 10 heteroatoms. The fraction of sp³-hybridized carbons (Fsp3) is 0.276. The molecule has 4 heterocycles. The lowest BCUT2D eigenvalue weighted by Gasteiger charge is -2.28. The average molecular weight is 581 g/mol. The molecule has 7 nitrogen and oxygen atoms in total. The number of carbonyl (C=O) groups is 1. The molecule has 1 aliphatic rings. The third kappa shape index (κ3) is 5.92. The molecule has 39 heavy (non-hydrogen) atoms. The van der Waals surface area contributed by atoms with Crippen molar-refractivity contribution in [2.45, 2.75) is 6.42 Å². The van der Waals surface area contributed by atoms with Crippen molar-refractivity contribution in [1.29, 1.82) is 0 Å². The number of carbonyl (C=O) groups excluding carboxylic acids is 1. The number of amides is 1.